The Morgan fingerprint density at radius 2 is 1.93 bits per heavy atom. The Hall–Kier alpha value is -1.48. The lowest BCUT2D eigenvalue weighted by Crippen LogP contribution is -2.30. The molecule has 2 atom stereocenters. The molecule has 15 heavy (non-hydrogen) atoms. The zero-order valence-electron chi connectivity index (χ0n) is 8.27. The largest absolute Gasteiger partial charge is 0.385 e. The minimum atomic E-state index is -1.17. The SMILES string of the molecule is C[C@@]1(O)C=CC(=O)[C@H]1c1ccc(F)cc1. The fraction of sp³-hybridized carbons (Fsp3) is 0.250. The fourth-order valence-electron chi connectivity index (χ4n) is 1.89. The maximum absolute atomic E-state index is 12.7. The van der Waals surface area contributed by atoms with E-state index in [-0.39, 0.29) is 11.6 Å². The first-order valence-electron chi connectivity index (χ1n) is 4.71. The number of rotatable bonds is 1. The second-order valence-corrected chi connectivity index (χ2v) is 3.95. The van der Waals surface area contributed by atoms with Crippen molar-refractivity contribution in [1.82, 2.24) is 0 Å². The second-order valence-electron chi connectivity index (χ2n) is 3.95. The van der Waals surface area contributed by atoms with Gasteiger partial charge in [0.05, 0.1) is 11.5 Å². The molecule has 1 aliphatic carbocycles. The van der Waals surface area contributed by atoms with E-state index in [0.717, 1.165) is 0 Å². The van der Waals surface area contributed by atoms with E-state index in [9.17, 15) is 14.3 Å². The summed E-state index contributed by atoms with van der Waals surface area (Å²) in [4.78, 5) is 11.5. The van der Waals surface area contributed by atoms with Gasteiger partial charge in [-0.15, -0.1) is 0 Å². The number of hydrogen-bond donors (Lipinski definition) is 1. The fourth-order valence-corrected chi connectivity index (χ4v) is 1.89. The minimum absolute atomic E-state index is 0.147. The summed E-state index contributed by atoms with van der Waals surface area (Å²) in [6.07, 6.45) is 2.84. The van der Waals surface area contributed by atoms with Crippen molar-refractivity contribution in [2.75, 3.05) is 0 Å². The molecule has 0 saturated carbocycles. The summed E-state index contributed by atoms with van der Waals surface area (Å²) < 4.78 is 12.7. The van der Waals surface area contributed by atoms with E-state index in [2.05, 4.69) is 0 Å². The molecule has 1 N–H and O–H groups in total. The van der Waals surface area contributed by atoms with Gasteiger partial charge < -0.3 is 5.11 Å². The van der Waals surface area contributed by atoms with E-state index in [1.807, 2.05) is 0 Å². The molecule has 0 heterocycles. The molecule has 0 saturated heterocycles. The van der Waals surface area contributed by atoms with Gasteiger partial charge in [-0.05, 0) is 36.8 Å². The summed E-state index contributed by atoms with van der Waals surface area (Å²) in [5.74, 6) is -1.11. The molecule has 0 aromatic heterocycles. The van der Waals surface area contributed by atoms with Crippen LogP contribution in [0.4, 0.5) is 4.39 Å². The summed E-state index contributed by atoms with van der Waals surface area (Å²) in [7, 11) is 0. The van der Waals surface area contributed by atoms with Crippen molar-refractivity contribution in [3.63, 3.8) is 0 Å². The number of halogens is 1. The molecule has 78 valence electrons. The number of hydrogen-bond acceptors (Lipinski definition) is 2. The third-order valence-corrected chi connectivity index (χ3v) is 2.66. The van der Waals surface area contributed by atoms with Gasteiger partial charge in [0.15, 0.2) is 5.78 Å². The van der Waals surface area contributed by atoms with E-state index in [4.69, 9.17) is 0 Å². The van der Waals surface area contributed by atoms with Crippen LogP contribution in [-0.4, -0.2) is 16.5 Å². The molecule has 2 rings (SSSR count). The minimum Gasteiger partial charge on any atom is -0.385 e. The monoisotopic (exact) mass is 206 g/mol. The Bertz CT molecular complexity index is 418. The van der Waals surface area contributed by atoms with Crippen LogP contribution < -0.4 is 0 Å². The van der Waals surface area contributed by atoms with Crippen molar-refractivity contribution in [3.8, 4) is 0 Å². The lowest BCUT2D eigenvalue weighted by molar-refractivity contribution is -0.118. The second kappa shape index (κ2) is 3.28. The normalized spacial score (nSPS) is 29.8. The number of carbonyl (C=O) groups is 1. The summed E-state index contributed by atoms with van der Waals surface area (Å²) >= 11 is 0. The van der Waals surface area contributed by atoms with Crippen LogP contribution in [0.5, 0.6) is 0 Å². The van der Waals surface area contributed by atoms with E-state index < -0.39 is 11.5 Å². The zero-order chi connectivity index (χ0) is 11.1. The van der Waals surface area contributed by atoms with Crippen molar-refractivity contribution in [2.24, 2.45) is 0 Å². The summed E-state index contributed by atoms with van der Waals surface area (Å²) in [6.45, 7) is 1.57. The standard InChI is InChI=1S/C12H11FO2/c1-12(15)7-6-10(14)11(12)8-2-4-9(13)5-3-8/h2-7,11,15H,1H3/t11-,12-/m1/s1. The van der Waals surface area contributed by atoms with Crippen molar-refractivity contribution < 1.29 is 14.3 Å². The van der Waals surface area contributed by atoms with E-state index in [1.165, 1.54) is 36.4 Å². The third kappa shape index (κ3) is 1.70. The molecule has 0 spiro atoms. The average Bonchev–Trinajstić information content (AvgIpc) is 2.43. The van der Waals surface area contributed by atoms with Crippen LogP contribution in [0, 0.1) is 5.82 Å². The molecule has 0 aliphatic heterocycles. The molecular weight excluding hydrogens is 195 g/mol. The Balaban J connectivity index is 2.39. The highest BCUT2D eigenvalue weighted by Crippen LogP contribution is 2.35. The molecule has 0 fully saturated rings. The van der Waals surface area contributed by atoms with Crippen LogP contribution >= 0.6 is 0 Å². The molecule has 0 unspecified atom stereocenters. The lowest BCUT2D eigenvalue weighted by Gasteiger charge is -2.23. The predicted octanol–water partition coefficient (Wildman–Crippen LogP) is 1.80. The summed E-state index contributed by atoms with van der Waals surface area (Å²) in [5, 5.41) is 9.95. The van der Waals surface area contributed by atoms with Crippen molar-refractivity contribution in [1.29, 1.82) is 0 Å². The zero-order valence-corrected chi connectivity index (χ0v) is 8.27. The van der Waals surface area contributed by atoms with Gasteiger partial charge in [-0.25, -0.2) is 4.39 Å². The van der Waals surface area contributed by atoms with Gasteiger partial charge in [-0.1, -0.05) is 12.1 Å². The molecule has 0 amide bonds. The smallest absolute Gasteiger partial charge is 0.166 e. The van der Waals surface area contributed by atoms with E-state index in [0.29, 0.717) is 5.56 Å². The molecular formula is C12H11FO2. The maximum atomic E-state index is 12.7. The van der Waals surface area contributed by atoms with Crippen LogP contribution in [0.25, 0.3) is 0 Å². The van der Waals surface area contributed by atoms with E-state index >= 15 is 0 Å². The highest BCUT2D eigenvalue weighted by molar-refractivity contribution is 5.99. The van der Waals surface area contributed by atoms with Gasteiger partial charge in [0.2, 0.25) is 0 Å². The first-order chi connectivity index (χ1) is 7.00. The molecule has 1 aromatic rings. The summed E-state index contributed by atoms with van der Waals surface area (Å²) in [6, 6.07) is 5.63. The third-order valence-electron chi connectivity index (χ3n) is 2.66. The first kappa shape index (κ1) is 10.1. The van der Waals surface area contributed by atoms with Crippen LogP contribution in [0.2, 0.25) is 0 Å². The number of carbonyl (C=O) groups excluding carboxylic acids is 1. The van der Waals surface area contributed by atoms with Gasteiger partial charge in [-0.3, -0.25) is 4.79 Å². The number of ketones is 1. The summed E-state index contributed by atoms with van der Waals surface area (Å²) in [5.41, 5.74) is -0.536. The first-order valence-corrected chi connectivity index (χ1v) is 4.71. The maximum Gasteiger partial charge on any atom is 0.166 e. The Morgan fingerprint density at radius 3 is 2.40 bits per heavy atom. The van der Waals surface area contributed by atoms with Crippen LogP contribution in [-0.2, 0) is 4.79 Å². The van der Waals surface area contributed by atoms with Gasteiger partial charge in [0.1, 0.15) is 5.82 Å². The Morgan fingerprint density at radius 1 is 1.33 bits per heavy atom. The van der Waals surface area contributed by atoms with Crippen molar-refractivity contribution in [2.45, 2.75) is 18.4 Å². The Labute approximate surface area is 87.0 Å². The molecule has 1 aliphatic rings. The van der Waals surface area contributed by atoms with Gasteiger partial charge in [-0.2, -0.15) is 0 Å². The predicted molar refractivity (Wildman–Crippen MR) is 53.9 cm³/mol. The quantitative estimate of drug-likeness (QED) is 0.760. The highest BCUT2D eigenvalue weighted by Gasteiger charge is 2.39. The van der Waals surface area contributed by atoms with Crippen LogP contribution in [0.1, 0.15) is 18.4 Å². The van der Waals surface area contributed by atoms with Crippen molar-refractivity contribution in [3.05, 3.63) is 47.8 Å². The Kier molecular flexibility index (Phi) is 2.20. The average molecular weight is 206 g/mol. The van der Waals surface area contributed by atoms with E-state index in [1.54, 1.807) is 6.92 Å². The number of aliphatic hydroxyl groups is 1. The topological polar surface area (TPSA) is 37.3 Å². The van der Waals surface area contributed by atoms with Crippen LogP contribution in [0.3, 0.4) is 0 Å². The van der Waals surface area contributed by atoms with Gasteiger partial charge >= 0.3 is 0 Å². The molecule has 0 radical (unpaired) electrons. The molecule has 0 bridgehead atoms. The molecule has 3 heteroatoms. The van der Waals surface area contributed by atoms with Gasteiger partial charge in [0, 0.05) is 0 Å². The van der Waals surface area contributed by atoms with Gasteiger partial charge in [0.25, 0.3) is 0 Å². The number of benzene rings is 1. The lowest BCUT2D eigenvalue weighted by atomic mass is 9.85. The molecule has 2 nitrogen and oxygen atoms in total. The number of allylic oxidation sites excluding steroid dienone is 1. The van der Waals surface area contributed by atoms with Crippen molar-refractivity contribution >= 4 is 5.78 Å². The highest BCUT2D eigenvalue weighted by atomic mass is 19.1. The molecule has 1 aromatic carbocycles. The van der Waals surface area contributed by atoms with Crippen LogP contribution in [0.15, 0.2) is 36.4 Å².